The van der Waals surface area contributed by atoms with Crippen molar-refractivity contribution < 1.29 is 43.1 Å². The second kappa shape index (κ2) is 14.5. The fraction of sp³-hybridized carbons (Fsp3) is 0.591. The lowest BCUT2D eigenvalue weighted by molar-refractivity contribution is -0.140. The van der Waals surface area contributed by atoms with E-state index in [0.29, 0.717) is 20.7 Å². The number of hydrogen-bond donors (Lipinski definition) is 2. The second-order valence-corrected chi connectivity index (χ2v) is 10.0. The van der Waals surface area contributed by atoms with Crippen LogP contribution in [-0.2, 0) is 23.9 Å². The molecular formula is C22H36N10O9. The van der Waals surface area contributed by atoms with Gasteiger partial charge in [0.2, 0.25) is 5.91 Å². The van der Waals surface area contributed by atoms with Gasteiger partial charge in [-0.25, -0.2) is 35.5 Å². The van der Waals surface area contributed by atoms with Gasteiger partial charge < -0.3 is 19.1 Å². The van der Waals surface area contributed by atoms with E-state index in [9.17, 15) is 24.0 Å². The van der Waals surface area contributed by atoms with Crippen molar-refractivity contribution >= 4 is 54.0 Å². The maximum absolute atomic E-state index is 12.9. The van der Waals surface area contributed by atoms with Gasteiger partial charge in [-0.15, -0.1) is 10.0 Å². The maximum Gasteiger partial charge on any atom is 0.439 e. The molecule has 2 heterocycles. The van der Waals surface area contributed by atoms with Crippen LogP contribution in [0, 0.1) is 0 Å². The van der Waals surface area contributed by atoms with Gasteiger partial charge in [0.1, 0.15) is 36.8 Å². The second-order valence-electron chi connectivity index (χ2n) is 10.0. The fourth-order valence-electron chi connectivity index (χ4n) is 2.64. The van der Waals surface area contributed by atoms with Crippen LogP contribution >= 0.6 is 0 Å². The zero-order valence-corrected chi connectivity index (χ0v) is 24.4. The molecule has 0 aromatic heterocycles. The Kier molecular flexibility index (Phi) is 12.1. The number of nitrogens with zero attached hydrogens (tertiary/aromatic N) is 8. The first-order valence-electron chi connectivity index (χ1n) is 11.9. The predicted molar refractivity (Wildman–Crippen MR) is 144 cm³/mol. The third kappa shape index (κ3) is 11.4. The maximum atomic E-state index is 12.9. The molecule has 3 N–H and O–H groups in total. The molecule has 0 aliphatic carbocycles. The van der Waals surface area contributed by atoms with E-state index in [1.807, 2.05) is 0 Å². The average molecular weight is 585 g/mol. The number of urea groups is 2. The average Bonchev–Trinajstić information content (AvgIpc) is 2.83. The lowest BCUT2D eigenvalue weighted by Gasteiger charge is -2.37. The highest BCUT2D eigenvalue weighted by Gasteiger charge is 2.42. The number of nitrogens with one attached hydrogen (secondary N) is 1. The zero-order chi connectivity index (χ0) is 31.5. The number of oxime groups is 2. The van der Waals surface area contributed by atoms with Gasteiger partial charge in [-0.05, 0) is 41.5 Å². The highest BCUT2D eigenvalue weighted by molar-refractivity contribution is 6.33. The number of hydrazine groups is 2. The van der Waals surface area contributed by atoms with Crippen LogP contribution in [0.15, 0.2) is 20.5 Å². The fourth-order valence-corrected chi connectivity index (χ4v) is 2.64. The molecule has 228 valence electrons. The van der Waals surface area contributed by atoms with Crippen LogP contribution in [-0.4, -0.2) is 113 Å². The number of hydrazone groups is 2. The van der Waals surface area contributed by atoms with Gasteiger partial charge in [-0.1, -0.05) is 10.3 Å². The summed E-state index contributed by atoms with van der Waals surface area (Å²) in [5.74, 6) is 4.47. The number of imide groups is 2. The Morgan fingerprint density at radius 1 is 0.951 bits per heavy atom. The lowest BCUT2D eigenvalue weighted by atomic mass is 10.2. The normalized spacial score (nSPS) is 15.9. The molecule has 0 unspecified atom stereocenters. The summed E-state index contributed by atoms with van der Waals surface area (Å²) in [4.78, 5) is 69.7. The summed E-state index contributed by atoms with van der Waals surface area (Å²) >= 11 is 0. The van der Waals surface area contributed by atoms with Gasteiger partial charge >= 0.3 is 24.2 Å². The number of carbonyl (C=O) groups excluding carboxylic acids is 5. The smallest absolute Gasteiger partial charge is 0.439 e. The van der Waals surface area contributed by atoms with Gasteiger partial charge in [-0.2, -0.15) is 10.2 Å². The van der Waals surface area contributed by atoms with E-state index >= 15 is 0 Å². The summed E-state index contributed by atoms with van der Waals surface area (Å²) in [7, 11) is 2.70. The SMILES string of the molecule is CO/N=C/C1=NN(C(=O)OC(C)(C)C)C(=O)N(N(C(C)=O)C(=O)OC(C)(C)C)C1.CO/N=C/C1=NNC(=O)N(N)C1. The third-order valence-electron chi connectivity index (χ3n) is 4.12. The van der Waals surface area contributed by atoms with E-state index in [4.69, 9.17) is 15.3 Å². The van der Waals surface area contributed by atoms with Crippen molar-refractivity contribution in [3.05, 3.63) is 0 Å². The number of ether oxygens (including phenoxy) is 2. The molecular weight excluding hydrogens is 548 g/mol. The minimum atomic E-state index is -1.09. The molecule has 0 spiro atoms. The van der Waals surface area contributed by atoms with Gasteiger partial charge in [0.15, 0.2) is 0 Å². The molecule has 19 heteroatoms. The first kappa shape index (κ1) is 34.2. The summed E-state index contributed by atoms with van der Waals surface area (Å²) in [6, 6.07) is -1.51. The summed E-state index contributed by atoms with van der Waals surface area (Å²) < 4.78 is 10.4. The summed E-state index contributed by atoms with van der Waals surface area (Å²) in [5.41, 5.74) is 0.926. The molecule has 0 radical (unpaired) electrons. The monoisotopic (exact) mass is 584 g/mol. The minimum absolute atomic E-state index is 0.0483. The summed E-state index contributed by atoms with van der Waals surface area (Å²) in [6.45, 7) is 10.6. The Morgan fingerprint density at radius 2 is 1.49 bits per heavy atom. The highest BCUT2D eigenvalue weighted by atomic mass is 16.6. The van der Waals surface area contributed by atoms with Crippen LogP contribution in [0.4, 0.5) is 19.2 Å². The quantitative estimate of drug-likeness (QED) is 0.203. The van der Waals surface area contributed by atoms with Crippen molar-refractivity contribution in [1.29, 1.82) is 0 Å². The Labute approximate surface area is 236 Å². The predicted octanol–water partition coefficient (Wildman–Crippen LogP) is 1.22. The van der Waals surface area contributed by atoms with Crippen molar-refractivity contribution in [2.45, 2.75) is 59.7 Å². The molecule has 0 aromatic carbocycles. The van der Waals surface area contributed by atoms with Crippen molar-refractivity contribution in [1.82, 2.24) is 25.5 Å². The van der Waals surface area contributed by atoms with Crippen LogP contribution in [0.1, 0.15) is 48.5 Å². The molecule has 2 aliphatic rings. The van der Waals surface area contributed by atoms with Crippen molar-refractivity contribution in [2.75, 3.05) is 27.3 Å². The van der Waals surface area contributed by atoms with Gasteiger partial charge in [-0.3, -0.25) is 9.80 Å². The lowest BCUT2D eigenvalue weighted by Crippen LogP contribution is -2.61. The van der Waals surface area contributed by atoms with Crippen LogP contribution < -0.4 is 11.3 Å². The first-order valence-corrected chi connectivity index (χ1v) is 11.9. The molecule has 41 heavy (non-hydrogen) atoms. The molecule has 19 nitrogen and oxygen atoms in total. The van der Waals surface area contributed by atoms with Gasteiger partial charge in [0.25, 0.3) is 0 Å². The Bertz CT molecular complexity index is 1120. The highest BCUT2D eigenvalue weighted by Crippen LogP contribution is 2.19. The Morgan fingerprint density at radius 3 is 1.95 bits per heavy atom. The molecule has 7 amide bonds. The number of rotatable bonds is 5. The molecule has 0 fully saturated rings. The van der Waals surface area contributed by atoms with Crippen LogP contribution in [0.3, 0.4) is 0 Å². The van der Waals surface area contributed by atoms with E-state index in [-0.39, 0.29) is 18.8 Å². The van der Waals surface area contributed by atoms with Crippen LogP contribution in [0.25, 0.3) is 0 Å². The molecule has 2 rings (SSSR count). The molecule has 0 atom stereocenters. The number of carbonyl (C=O) groups is 5. The van der Waals surface area contributed by atoms with E-state index in [1.165, 1.54) is 20.4 Å². The molecule has 0 saturated carbocycles. The summed E-state index contributed by atoms with van der Waals surface area (Å²) in [6.07, 6.45) is 0.319. The van der Waals surface area contributed by atoms with E-state index in [0.717, 1.165) is 18.1 Å². The topological polar surface area (TPSA) is 223 Å². The number of amides is 7. The molecule has 0 aromatic rings. The van der Waals surface area contributed by atoms with Crippen LogP contribution in [0.5, 0.6) is 0 Å². The molecule has 0 saturated heterocycles. The number of nitrogens with two attached hydrogens (primary N) is 1. The number of hydrogen-bond acceptors (Lipinski definition) is 14. The minimum Gasteiger partial charge on any atom is -0.442 e. The van der Waals surface area contributed by atoms with E-state index < -0.39 is 41.4 Å². The van der Waals surface area contributed by atoms with Crippen molar-refractivity contribution in [3.8, 4) is 0 Å². The third-order valence-corrected chi connectivity index (χ3v) is 4.12. The Hall–Kier alpha value is -4.81. The molecule has 0 bridgehead atoms. The van der Waals surface area contributed by atoms with Crippen LogP contribution in [0.2, 0.25) is 0 Å². The van der Waals surface area contributed by atoms with E-state index in [1.54, 1.807) is 41.5 Å². The van der Waals surface area contributed by atoms with Crippen molar-refractivity contribution in [2.24, 2.45) is 26.4 Å². The Balaban J connectivity index is 0.000000580. The van der Waals surface area contributed by atoms with Crippen molar-refractivity contribution in [3.63, 3.8) is 0 Å². The standard InChI is InChI=1S/C17H27N5O7.C5H9N5O2/c1-11(23)22(15(26)29-17(5,6)7)20-10-12(9-18-27-8)19-21(13(20)24)14(25)28-16(2,3)4;1-12-7-2-4-3-10(6)5(11)9-8-4/h9H,10H2,1-8H3;2H,3,6H2,1H3,(H,9,11)/b18-9+;7-2+. The zero-order valence-electron chi connectivity index (χ0n) is 24.4. The largest absolute Gasteiger partial charge is 0.442 e. The van der Waals surface area contributed by atoms with E-state index in [2.05, 4.69) is 35.6 Å². The van der Waals surface area contributed by atoms with Gasteiger partial charge in [0.05, 0.1) is 25.5 Å². The summed E-state index contributed by atoms with van der Waals surface area (Å²) in [5, 5.41) is 17.1. The molecule has 2 aliphatic heterocycles. The first-order chi connectivity index (χ1) is 18.9. The van der Waals surface area contributed by atoms with Gasteiger partial charge in [0, 0.05) is 6.92 Å².